The van der Waals surface area contributed by atoms with E-state index in [9.17, 15) is 18.0 Å². The van der Waals surface area contributed by atoms with Crippen molar-refractivity contribution in [3.05, 3.63) is 75.4 Å². The fraction of sp³-hybridized carbons (Fsp3) is 0.100. The van der Waals surface area contributed by atoms with Crippen LogP contribution >= 0.6 is 22.9 Å². The van der Waals surface area contributed by atoms with Crippen LogP contribution in [0.25, 0.3) is 0 Å². The van der Waals surface area contributed by atoms with Crippen LogP contribution in [-0.2, 0) is 10.0 Å². The summed E-state index contributed by atoms with van der Waals surface area (Å²) in [6.07, 6.45) is 0. The second-order valence-corrected chi connectivity index (χ2v) is 9.50. The molecule has 2 amide bonds. The molecule has 11 heteroatoms. The van der Waals surface area contributed by atoms with Crippen molar-refractivity contribution in [2.45, 2.75) is 4.90 Å². The van der Waals surface area contributed by atoms with Crippen LogP contribution in [0.1, 0.15) is 20.0 Å². The predicted octanol–water partition coefficient (Wildman–Crippen LogP) is 3.31. The van der Waals surface area contributed by atoms with E-state index in [1.54, 1.807) is 41.8 Å². The molecule has 0 atom stereocenters. The number of thiophene rings is 1. The van der Waals surface area contributed by atoms with Gasteiger partial charge in [0.2, 0.25) is 0 Å². The first-order chi connectivity index (χ1) is 14.8. The first kappa shape index (κ1) is 22.6. The van der Waals surface area contributed by atoms with Crippen LogP contribution in [0.3, 0.4) is 0 Å². The lowest BCUT2D eigenvalue weighted by Gasteiger charge is -2.22. The number of hydrazine groups is 1. The number of nitrogens with zero attached hydrogens (tertiary/aromatic N) is 1. The molecule has 0 fully saturated rings. The number of carbonyl (C=O) groups is 2. The number of ether oxygens (including phenoxy) is 1. The number of nitrogens with one attached hydrogen (secondary N) is 2. The van der Waals surface area contributed by atoms with E-state index in [1.807, 2.05) is 0 Å². The van der Waals surface area contributed by atoms with Gasteiger partial charge in [0.1, 0.15) is 5.75 Å². The summed E-state index contributed by atoms with van der Waals surface area (Å²) in [5.41, 5.74) is 4.73. The number of sulfonamides is 1. The lowest BCUT2D eigenvalue weighted by atomic mass is 10.2. The molecule has 3 aromatic rings. The molecule has 0 bridgehead atoms. The number of hydrogen-bond acceptors (Lipinski definition) is 6. The molecule has 2 aromatic carbocycles. The minimum Gasteiger partial charge on any atom is -0.495 e. The third-order valence-electron chi connectivity index (χ3n) is 4.30. The summed E-state index contributed by atoms with van der Waals surface area (Å²) in [6, 6.07) is 13.7. The van der Waals surface area contributed by atoms with Crippen LogP contribution in [0, 0.1) is 0 Å². The largest absolute Gasteiger partial charge is 0.495 e. The van der Waals surface area contributed by atoms with Gasteiger partial charge in [0, 0.05) is 7.05 Å². The van der Waals surface area contributed by atoms with E-state index in [2.05, 4.69) is 10.9 Å². The first-order valence-electron chi connectivity index (χ1n) is 8.81. The van der Waals surface area contributed by atoms with Crippen molar-refractivity contribution in [2.75, 3.05) is 18.5 Å². The van der Waals surface area contributed by atoms with Crippen molar-refractivity contribution in [2.24, 2.45) is 0 Å². The summed E-state index contributed by atoms with van der Waals surface area (Å²) >= 11 is 7.31. The Morgan fingerprint density at radius 3 is 2.42 bits per heavy atom. The number of halogens is 1. The van der Waals surface area contributed by atoms with Crippen molar-refractivity contribution in [1.82, 2.24) is 10.9 Å². The number of amides is 2. The van der Waals surface area contributed by atoms with Gasteiger partial charge >= 0.3 is 0 Å². The van der Waals surface area contributed by atoms with Gasteiger partial charge in [-0.25, -0.2) is 8.42 Å². The number of para-hydroxylation sites is 2. The predicted molar refractivity (Wildman–Crippen MR) is 119 cm³/mol. The smallest absolute Gasteiger partial charge is 0.279 e. The molecular weight excluding hydrogens is 462 g/mol. The maximum absolute atomic E-state index is 13.1. The maximum Gasteiger partial charge on any atom is 0.279 e. The van der Waals surface area contributed by atoms with Gasteiger partial charge in [0.15, 0.2) is 0 Å². The van der Waals surface area contributed by atoms with Gasteiger partial charge in [-0.05, 0) is 41.8 Å². The topological polar surface area (TPSA) is 105 Å². The zero-order chi connectivity index (χ0) is 22.6. The maximum atomic E-state index is 13.1. The SMILES string of the molecule is COc1ccccc1N(C)S(=O)(=O)c1ccc(Cl)c(C(=O)NNC(=O)c2cccs2)c1. The van der Waals surface area contributed by atoms with Gasteiger partial charge < -0.3 is 4.74 Å². The third kappa shape index (κ3) is 4.82. The Morgan fingerprint density at radius 1 is 1.03 bits per heavy atom. The average molecular weight is 480 g/mol. The normalized spacial score (nSPS) is 10.9. The number of carbonyl (C=O) groups excluding carboxylic acids is 2. The van der Waals surface area contributed by atoms with E-state index >= 15 is 0 Å². The third-order valence-corrected chi connectivity index (χ3v) is 7.27. The molecule has 0 saturated heterocycles. The number of anilines is 1. The molecule has 0 unspecified atom stereocenters. The number of rotatable bonds is 6. The molecule has 8 nitrogen and oxygen atoms in total. The van der Waals surface area contributed by atoms with Gasteiger partial charge in [0.25, 0.3) is 21.8 Å². The minimum atomic E-state index is -4.04. The molecule has 0 radical (unpaired) electrons. The summed E-state index contributed by atoms with van der Waals surface area (Å²) in [6.45, 7) is 0. The van der Waals surface area contributed by atoms with Crippen molar-refractivity contribution in [1.29, 1.82) is 0 Å². The number of benzene rings is 2. The number of methoxy groups -OCH3 is 1. The molecule has 0 saturated carbocycles. The second kappa shape index (κ2) is 9.38. The highest BCUT2D eigenvalue weighted by atomic mass is 35.5. The molecule has 162 valence electrons. The summed E-state index contributed by atoms with van der Waals surface area (Å²) < 4.78 is 32.6. The fourth-order valence-electron chi connectivity index (χ4n) is 2.67. The van der Waals surface area contributed by atoms with Gasteiger partial charge in [-0.2, -0.15) is 0 Å². The second-order valence-electron chi connectivity index (χ2n) is 6.17. The molecule has 0 spiro atoms. The summed E-state index contributed by atoms with van der Waals surface area (Å²) in [5.74, 6) is -0.886. The lowest BCUT2D eigenvalue weighted by molar-refractivity contribution is 0.0849. The lowest BCUT2D eigenvalue weighted by Crippen LogP contribution is -2.41. The Morgan fingerprint density at radius 2 is 1.74 bits per heavy atom. The fourth-order valence-corrected chi connectivity index (χ4v) is 4.72. The van der Waals surface area contributed by atoms with Gasteiger partial charge in [0.05, 0.1) is 33.2 Å². The Bertz CT molecular complexity index is 1210. The van der Waals surface area contributed by atoms with Gasteiger partial charge in [-0.1, -0.05) is 29.8 Å². The molecule has 0 aliphatic carbocycles. The van der Waals surface area contributed by atoms with Crippen LogP contribution in [0.2, 0.25) is 5.02 Å². The standard InChI is InChI=1S/C20H18ClN3O5S2/c1-24(16-6-3-4-7-17(16)29-2)31(27,28)13-9-10-15(21)14(12-13)19(25)22-23-20(26)18-8-5-11-30-18/h3-12H,1-2H3,(H,22,25)(H,23,26). The van der Waals surface area contributed by atoms with E-state index in [0.29, 0.717) is 16.3 Å². The molecule has 0 aliphatic rings. The van der Waals surface area contributed by atoms with Crippen LogP contribution in [0.5, 0.6) is 5.75 Å². The first-order valence-corrected chi connectivity index (χ1v) is 11.5. The summed E-state index contributed by atoms with van der Waals surface area (Å²) in [7, 11) is -1.22. The highest BCUT2D eigenvalue weighted by Gasteiger charge is 2.25. The molecule has 2 N–H and O–H groups in total. The van der Waals surface area contributed by atoms with E-state index in [4.69, 9.17) is 16.3 Å². The van der Waals surface area contributed by atoms with Crippen molar-refractivity contribution < 1.29 is 22.7 Å². The zero-order valence-corrected chi connectivity index (χ0v) is 18.8. The van der Waals surface area contributed by atoms with Crippen LogP contribution in [0.4, 0.5) is 5.69 Å². The van der Waals surface area contributed by atoms with Crippen molar-refractivity contribution in [3.8, 4) is 5.75 Å². The molecule has 3 rings (SSSR count). The van der Waals surface area contributed by atoms with E-state index < -0.39 is 21.8 Å². The molecular formula is C20H18ClN3O5S2. The van der Waals surface area contributed by atoms with Gasteiger partial charge in [-0.15, -0.1) is 11.3 Å². The Hall–Kier alpha value is -3.08. The minimum absolute atomic E-state index is 0.0294. The summed E-state index contributed by atoms with van der Waals surface area (Å²) in [4.78, 5) is 24.8. The molecule has 0 aliphatic heterocycles. The van der Waals surface area contributed by atoms with Crippen molar-refractivity contribution >= 4 is 50.5 Å². The van der Waals surface area contributed by atoms with Gasteiger partial charge in [-0.3, -0.25) is 24.7 Å². The summed E-state index contributed by atoms with van der Waals surface area (Å²) in [5, 5.41) is 1.75. The Labute approximate surface area is 188 Å². The Balaban J connectivity index is 1.85. The average Bonchev–Trinajstić information content (AvgIpc) is 3.32. The molecule has 31 heavy (non-hydrogen) atoms. The molecule has 1 aromatic heterocycles. The zero-order valence-electron chi connectivity index (χ0n) is 16.5. The Kier molecular flexibility index (Phi) is 6.84. The molecule has 1 heterocycles. The number of hydrogen-bond donors (Lipinski definition) is 2. The monoisotopic (exact) mass is 479 g/mol. The van der Waals surface area contributed by atoms with E-state index in [1.165, 1.54) is 37.6 Å². The van der Waals surface area contributed by atoms with Crippen LogP contribution in [-0.4, -0.2) is 34.4 Å². The van der Waals surface area contributed by atoms with Crippen LogP contribution < -0.4 is 19.9 Å². The highest BCUT2D eigenvalue weighted by Crippen LogP contribution is 2.31. The van der Waals surface area contributed by atoms with E-state index in [-0.39, 0.29) is 15.5 Å². The van der Waals surface area contributed by atoms with E-state index in [0.717, 1.165) is 10.4 Å². The van der Waals surface area contributed by atoms with Crippen molar-refractivity contribution in [3.63, 3.8) is 0 Å². The quantitative estimate of drug-likeness (QED) is 0.528. The van der Waals surface area contributed by atoms with Crippen LogP contribution in [0.15, 0.2) is 64.9 Å². The highest BCUT2D eigenvalue weighted by molar-refractivity contribution is 7.92.